The van der Waals surface area contributed by atoms with Crippen LogP contribution in [0.15, 0.2) is 91.0 Å². The van der Waals surface area contributed by atoms with Gasteiger partial charge in [-0.1, -0.05) is 35.4 Å². The van der Waals surface area contributed by atoms with Gasteiger partial charge in [0.2, 0.25) is 0 Å². The topological polar surface area (TPSA) is 87.0 Å². The maximum Gasteiger partial charge on any atom is 0.346 e. The van der Waals surface area contributed by atoms with Crippen LogP contribution in [0.5, 0.6) is 17.5 Å². The van der Waals surface area contributed by atoms with E-state index >= 15 is 0 Å². The molecule has 2 heterocycles. The SMILES string of the molecule is CCOc1cc(CNc2ccc(-c3nc4ccc(C)cc4s3)cc2)ccc1Oc1nnnn1-c1ccccc1. The van der Waals surface area contributed by atoms with E-state index in [4.69, 9.17) is 14.5 Å². The molecule has 0 aliphatic heterocycles. The predicted molar refractivity (Wildman–Crippen MR) is 154 cm³/mol. The van der Waals surface area contributed by atoms with Gasteiger partial charge in [0, 0.05) is 17.8 Å². The molecule has 0 saturated carbocycles. The highest BCUT2D eigenvalue weighted by Gasteiger charge is 2.15. The number of para-hydroxylation sites is 1. The van der Waals surface area contributed by atoms with E-state index in [1.807, 2.05) is 55.5 Å². The number of aromatic nitrogens is 5. The monoisotopic (exact) mass is 534 g/mol. The molecular formula is C30H26N6O2S. The molecule has 0 radical (unpaired) electrons. The minimum atomic E-state index is 0.261. The highest BCUT2D eigenvalue weighted by molar-refractivity contribution is 7.21. The third kappa shape index (κ3) is 5.44. The van der Waals surface area contributed by atoms with E-state index < -0.39 is 0 Å². The van der Waals surface area contributed by atoms with Gasteiger partial charge in [0.05, 0.1) is 22.5 Å². The van der Waals surface area contributed by atoms with Crippen LogP contribution in [-0.2, 0) is 6.54 Å². The standard InChI is InChI=1S/C30H26N6O2S/c1-3-37-27-18-21(10-16-26(27)38-30-33-34-35-36(30)24-7-5-4-6-8-24)19-31-23-13-11-22(12-14-23)29-32-25-15-9-20(2)17-28(25)39-29/h4-18,31H,3,19H2,1-2H3. The molecule has 8 nitrogen and oxygen atoms in total. The molecule has 0 atom stereocenters. The lowest BCUT2D eigenvalue weighted by atomic mass is 10.1. The number of hydrogen-bond acceptors (Lipinski definition) is 8. The minimum absolute atomic E-state index is 0.261. The predicted octanol–water partition coefficient (Wildman–Crippen LogP) is 7.05. The summed E-state index contributed by atoms with van der Waals surface area (Å²) in [7, 11) is 0. The summed E-state index contributed by atoms with van der Waals surface area (Å²) in [6.07, 6.45) is 0. The number of benzene rings is 4. The Balaban J connectivity index is 1.15. The fourth-order valence-corrected chi connectivity index (χ4v) is 5.25. The van der Waals surface area contributed by atoms with Crippen molar-refractivity contribution in [1.82, 2.24) is 25.2 Å². The Labute approximate surface area is 229 Å². The fourth-order valence-electron chi connectivity index (χ4n) is 4.18. The molecule has 0 aliphatic carbocycles. The zero-order chi connectivity index (χ0) is 26.6. The summed E-state index contributed by atoms with van der Waals surface area (Å²) in [4.78, 5) is 4.79. The van der Waals surface area contributed by atoms with Gasteiger partial charge < -0.3 is 14.8 Å². The van der Waals surface area contributed by atoms with Crippen molar-refractivity contribution in [2.75, 3.05) is 11.9 Å². The van der Waals surface area contributed by atoms with Gasteiger partial charge in [-0.15, -0.1) is 11.3 Å². The molecule has 39 heavy (non-hydrogen) atoms. The lowest BCUT2D eigenvalue weighted by Crippen LogP contribution is -2.03. The Hall–Kier alpha value is -4.76. The molecule has 0 bridgehead atoms. The van der Waals surface area contributed by atoms with Crippen LogP contribution >= 0.6 is 11.3 Å². The molecule has 0 saturated heterocycles. The molecule has 0 fully saturated rings. The number of nitrogens with one attached hydrogen (secondary N) is 1. The molecular weight excluding hydrogens is 508 g/mol. The Morgan fingerprint density at radius 1 is 0.897 bits per heavy atom. The van der Waals surface area contributed by atoms with Crippen molar-refractivity contribution >= 4 is 27.2 Å². The van der Waals surface area contributed by atoms with E-state index in [1.54, 1.807) is 16.0 Å². The van der Waals surface area contributed by atoms with Crippen LogP contribution in [0.4, 0.5) is 5.69 Å². The number of anilines is 1. The molecule has 194 valence electrons. The van der Waals surface area contributed by atoms with Gasteiger partial charge in [-0.05, 0) is 96.1 Å². The average molecular weight is 535 g/mol. The van der Waals surface area contributed by atoms with Crippen molar-refractivity contribution in [1.29, 1.82) is 0 Å². The van der Waals surface area contributed by atoms with Gasteiger partial charge in [-0.25, -0.2) is 4.98 Å². The number of aryl methyl sites for hydroxylation is 1. The summed E-state index contributed by atoms with van der Waals surface area (Å²) in [5.74, 6) is 1.17. The van der Waals surface area contributed by atoms with Gasteiger partial charge in [0.15, 0.2) is 11.5 Å². The third-order valence-corrected chi connectivity index (χ3v) is 7.19. The highest BCUT2D eigenvalue weighted by atomic mass is 32.1. The second-order valence-electron chi connectivity index (χ2n) is 8.95. The molecule has 1 N–H and O–H groups in total. The van der Waals surface area contributed by atoms with Crippen molar-refractivity contribution in [2.45, 2.75) is 20.4 Å². The quantitative estimate of drug-likeness (QED) is 0.213. The van der Waals surface area contributed by atoms with Crippen molar-refractivity contribution in [3.63, 3.8) is 0 Å². The Morgan fingerprint density at radius 2 is 1.74 bits per heavy atom. The summed E-state index contributed by atoms with van der Waals surface area (Å²) in [5, 5.41) is 16.4. The summed E-state index contributed by atoms with van der Waals surface area (Å²) in [5.41, 5.74) is 6.28. The molecule has 0 aliphatic rings. The third-order valence-electron chi connectivity index (χ3n) is 6.12. The second-order valence-corrected chi connectivity index (χ2v) is 9.98. The van der Waals surface area contributed by atoms with Crippen LogP contribution in [0.3, 0.4) is 0 Å². The molecule has 4 aromatic carbocycles. The first-order valence-electron chi connectivity index (χ1n) is 12.6. The van der Waals surface area contributed by atoms with E-state index in [2.05, 4.69) is 70.2 Å². The van der Waals surface area contributed by atoms with Crippen LogP contribution in [0.2, 0.25) is 0 Å². The molecule has 6 aromatic rings. The van der Waals surface area contributed by atoms with Crippen LogP contribution in [0.25, 0.3) is 26.5 Å². The number of fused-ring (bicyclic) bond motifs is 1. The van der Waals surface area contributed by atoms with Crippen LogP contribution in [-0.4, -0.2) is 31.8 Å². The number of thiazole rings is 1. The molecule has 6 rings (SSSR count). The molecule has 0 amide bonds. The van der Waals surface area contributed by atoms with Crippen LogP contribution < -0.4 is 14.8 Å². The summed E-state index contributed by atoms with van der Waals surface area (Å²) < 4.78 is 14.7. The number of rotatable bonds is 9. The van der Waals surface area contributed by atoms with E-state index in [0.717, 1.165) is 33.0 Å². The summed E-state index contributed by atoms with van der Waals surface area (Å²) in [6.45, 7) is 5.18. The van der Waals surface area contributed by atoms with Crippen LogP contribution in [0.1, 0.15) is 18.1 Å². The number of nitrogens with zero attached hydrogens (tertiary/aromatic N) is 5. The maximum atomic E-state index is 6.07. The van der Waals surface area contributed by atoms with E-state index in [1.165, 1.54) is 10.3 Å². The summed E-state index contributed by atoms with van der Waals surface area (Å²) >= 11 is 1.72. The fraction of sp³-hybridized carbons (Fsp3) is 0.133. The highest BCUT2D eigenvalue weighted by Crippen LogP contribution is 2.33. The van der Waals surface area contributed by atoms with Crippen LogP contribution in [0, 0.1) is 6.92 Å². The van der Waals surface area contributed by atoms with Gasteiger partial charge in [-0.2, -0.15) is 4.68 Å². The van der Waals surface area contributed by atoms with Gasteiger partial charge in [0.1, 0.15) is 5.01 Å². The molecule has 0 unspecified atom stereocenters. The normalized spacial score (nSPS) is 11.0. The maximum absolute atomic E-state index is 6.07. The smallest absolute Gasteiger partial charge is 0.346 e. The first kappa shape index (κ1) is 24.6. The van der Waals surface area contributed by atoms with Crippen molar-refractivity contribution in [3.8, 4) is 33.8 Å². The number of ether oxygens (including phenoxy) is 2. The molecule has 9 heteroatoms. The first-order chi connectivity index (χ1) is 19.2. The van der Waals surface area contributed by atoms with Crippen molar-refractivity contribution in [3.05, 3.63) is 102 Å². The zero-order valence-electron chi connectivity index (χ0n) is 21.5. The Morgan fingerprint density at radius 3 is 2.56 bits per heavy atom. The molecule has 0 spiro atoms. The van der Waals surface area contributed by atoms with E-state index in [0.29, 0.717) is 24.7 Å². The van der Waals surface area contributed by atoms with E-state index in [9.17, 15) is 0 Å². The number of tetrazole rings is 1. The number of hydrogen-bond donors (Lipinski definition) is 1. The lowest BCUT2D eigenvalue weighted by molar-refractivity contribution is 0.315. The van der Waals surface area contributed by atoms with Gasteiger partial charge >= 0.3 is 6.01 Å². The average Bonchev–Trinajstić information content (AvgIpc) is 3.61. The van der Waals surface area contributed by atoms with E-state index in [-0.39, 0.29) is 6.01 Å². The Bertz CT molecular complexity index is 1710. The van der Waals surface area contributed by atoms with Crippen molar-refractivity contribution in [2.24, 2.45) is 0 Å². The zero-order valence-corrected chi connectivity index (χ0v) is 22.4. The van der Waals surface area contributed by atoms with Gasteiger partial charge in [-0.3, -0.25) is 0 Å². The Kier molecular flexibility index (Phi) is 6.88. The second kappa shape index (κ2) is 10.9. The summed E-state index contributed by atoms with van der Waals surface area (Å²) in [6, 6.07) is 30.4. The molecule has 2 aromatic heterocycles. The largest absolute Gasteiger partial charge is 0.490 e. The minimum Gasteiger partial charge on any atom is -0.490 e. The lowest BCUT2D eigenvalue weighted by Gasteiger charge is -2.13. The van der Waals surface area contributed by atoms with Gasteiger partial charge in [0.25, 0.3) is 0 Å². The van der Waals surface area contributed by atoms with Crippen molar-refractivity contribution < 1.29 is 9.47 Å². The first-order valence-corrected chi connectivity index (χ1v) is 13.5.